The Morgan fingerprint density at radius 3 is 2.62 bits per heavy atom. The van der Waals surface area contributed by atoms with Crippen LogP contribution in [0.15, 0.2) is 24.3 Å². The van der Waals surface area contributed by atoms with Gasteiger partial charge in [-0.3, -0.25) is 4.79 Å². The maximum Gasteiger partial charge on any atom is 0.221 e. The van der Waals surface area contributed by atoms with Crippen molar-refractivity contribution in [2.75, 3.05) is 26.3 Å². The van der Waals surface area contributed by atoms with Crippen LogP contribution in [0.3, 0.4) is 0 Å². The summed E-state index contributed by atoms with van der Waals surface area (Å²) in [6.45, 7) is 2.34. The molecule has 0 atom stereocenters. The van der Waals surface area contributed by atoms with Crippen LogP contribution in [0, 0.1) is 0 Å². The van der Waals surface area contributed by atoms with Gasteiger partial charge in [0.1, 0.15) is 0 Å². The summed E-state index contributed by atoms with van der Waals surface area (Å²) in [5.41, 5.74) is 6.36. The van der Waals surface area contributed by atoms with E-state index in [2.05, 4.69) is 5.32 Å². The number of halogens is 2. The highest BCUT2D eigenvalue weighted by molar-refractivity contribution is 6.31. The molecule has 1 aliphatic heterocycles. The highest BCUT2D eigenvalue weighted by atomic mass is 35.5. The number of ether oxygens (including phenoxy) is 1. The van der Waals surface area contributed by atoms with Crippen LogP contribution in [-0.2, 0) is 14.9 Å². The first-order chi connectivity index (χ1) is 9.68. The van der Waals surface area contributed by atoms with Gasteiger partial charge in [-0.15, -0.1) is 12.4 Å². The zero-order valence-electron chi connectivity index (χ0n) is 11.9. The molecule has 0 spiro atoms. The Kier molecular flexibility index (Phi) is 7.46. The molecule has 2 rings (SSSR count). The summed E-state index contributed by atoms with van der Waals surface area (Å²) in [6, 6.07) is 7.85. The minimum Gasteiger partial charge on any atom is -0.381 e. The molecule has 1 aromatic carbocycles. The maximum absolute atomic E-state index is 11.7. The Morgan fingerprint density at radius 2 is 2.00 bits per heavy atom. The van der Waals surface area contributed by atoms with Crippen molar-refractivity contribution in [1.82, 2.24) is 5.32 Å². The minimum absolute atomic E-state index is 0. The van der Waals surface area contributed by atoms with E-state index in [0.29, 0.717) is 32.7 Å². The van der Waals surface area contributed by atoms with E-state index in [-0.39, 0.29) is 23.7 Å². The number of nitrogens with two attached hydrogens (primary N) is 1. The summed E-state index contributed by atoms with van der Waals surface area (Å²) in [5, 5.41) is 3.74. The van der Waals surface area contributed by atoms with Gasteiger partial charge in [-0.2, -0.15) is 0 Å². The molecule has 3 N–H and O–H groups in total. The molecule has 1 fully saturated rings. The average molecular weight is 333 g/mol. The first kappa shape index (κ1) is 18.2. The first-order valence-corrected chi connectivity index (χ1v) is 7.35. The van der Waals surface area contributed by atoms with E-state index in [1.54, 1.807) is 0 Å². The van der Waals surface area contributed by atoms with Gasteiger partial charge in [0.25, 0.3) is 0 Å². The van der Waals surface area contributed by atoms with Crippen molar-refractivity contribution < 1.29 is 9.53 Å². The molecule has 1 heterocycles. The normalized spacial score (nSPS) is 16.9. The fraction of sp³-hybridized carbons (Fsp3) is 0.533. The van der Waals surface area contributed by atoms with Crippen LogP contribution >= 0.6 is 24.0 Å². The van der Waals surface area contributed by atoms with E-state index >= 15 is 0 Å². The number of rotatable bonds is 5. The molecule has 4 nitrogen and oxygen atoms in total. The van der Waals surface area contributed by atoms with E-state index in [4.69, 9.17) is 22.1 Å². The van der Waals surface area contributed by atoms with Gasteiger partial charge in [0.15, 0.2) is 0 Å². The van der Waals surface area contributed by atoms with Crippen molar-refractivity contribution in [1.29, 1.82) is 0 Å². The summed E-state index contributed by atoms with van der Waals surface area (Å²) < 4.78 is 5.46. The predicted octanol–water partition coefficient (Wildman–Crippen LogP) is 2.28. The molecule has 0 radical (unpaired) electrons. The molecule has 0 bridgehead atoms. The van der Waals surface area contributed by atoms with E-state index in [0.717, 1.165) is 23.4 Å². The first-order valence-electron chi connectivity index (χ1n) is 6.97. The zero-order chi connectivity index (χ0) is 14.4. The molecule has 0 saturated carbocycles. The quantitative estimate of drug-likeness (QED) is 0.869. The van der Waals surface area contributed by atoms with Gasteiger partial charge in [0, 0.05) is 43.2 Å². The van der Waals surface area contributed by atoms with Crippen LogP contribution < -0.4 is 11.1 Å². The Bertz CT molecular complexity index is 463. The van der Waals surface area contributed by atoms with Gasteiger partial charge in [0.2, 0.25) is 5.91 Å². The summed E-state index contributed by atoms with van der Waals surface area (Å²) >= 11 is 6.35. The molecule has 1 saturated heterocycles. The zero-order valence-corrected chi connectivity index (χ0v) is 13.5. The molecule has 1 aromatic rings. The summed E-state index contributed by atoms with van der Waals surface area (Å²) in [4.78, 5) is 11.7. The Morgan fingerprint density at radius 1 is 1.33 bits per heavy atom. The molecule has 0 unspecified atom stereocenters. The molecular formula is C15H22Cl2N2O2. The molecule has 21 heavy (non-hydrogen) atoms. The van der Waals surface area contributed by atoms with E-state index in [9.17, 15) is 4.79 Å². The number of benzene rings is 1. The molecule has 118 valence electrons. The lowest BCUT2D eigenvalue weighted by molar-refractivity contribution is -0.121. The number of carbonyl (C=O) groups is 1. The van der Waals surface area contributed by atoms with Gasteiger partial charge in [-0.05, 0) is 24.5 Å². The second-order valence-electron chi connectivity index (χ2n) is 5.19. The van der Waals surface area contributed by atoms with Crippen molar-refractivity contribution in [3.63, 3.8) is 0 Å². The van der Waals surface area contributed by atoms with Crippen LogP contribution in [0.1, 0.15) is 24.8 Å². The third kappa shape index (κ3) is 4.58. The van der Waals surface area contributed by atoms with Gasteiger partial charge in [-0.1, -0.05) is 29.8 Å². The second-order valence-corrected chi connectivity index (χ2v) is 5.60. The number of amides is 1. The van der Waals surface area contributed by atoms with Crippen LogP contribution in [0.2, 0.25) is 5.02 Å². The van der Waals surface area contributed by atoms with E-state index in [1.807, 2.05) is 24.3 Å². The minimum atomic E-state index is -0.138. The van der Waals surface area contributed by atoms with Crippen molar-refractivity contribution >= 4 is 29.9 Å². The predicted molar refractivity (Wildman–Crippen MR) is 87.1 cm³/mol. The standard InChI is InChI=1S/C15H21ClN2O2.ClH/c16-13-4-2-1-3-12(13)15(6-9-20-10-7-15)11-18-14(19)5-8-17;/h1-4H,5-11,17H2,(H,18,19);1H. The van der Waals surface area contributed by atoms with Gasteiger partial charge >= 0.3 is 0 Å². The second kappa shape index (κ2) is 8.59. The molecule has 0 aliphatic carbocycles. The van der Waals surface area contributed by atoms with Gasteiger partial charge < -0.3 is 15.8 Å². The fourth-order valence-electron chi connectivity index (χ4n) is 2.68. The Balaban J connectivity index is 0.00000220. The number of hydrogen-bond donors (Lipinski definition) is 2. The SMILES string of the molecule is Cl.NCCC(=O)NCC1(c2ccccc2Cl)CCOCC1. The van der Waals surface area contributed by atoms with Crippen LogP contribution in [-0.4, -0.2) is 32.2 Å². The third-order valence-electron chi connectivity index (χ3n) is 3.89. The van der Waals surface area contributed by atoms with E-state index in [1.165, 1.54) is 0 Å². The largest absolute Gasteiger partial charge is 0.381 e. The van der Waals surface area contributed by atoms with Crippen LogP contribution in [0.4, 0.5) is 0 Å². The lowest BCUT2D eigenvalue weighted by atomic mass is 9.74. The molecule has 0 aromatic heterocycles. The summed E-state index contributed by atoms with van der Waals surface area (Å²) in [6.07, 6.45) is 2.08. The van der Waals surface area contributed by atoms with Crippen molar-refractivity contribution in [2.45, 2.75) is 24.7 Å². The van der Waals surface area contributed by atoms with Crippen molar-refractivity contribution in [2.24, 2.45) is 5.73 Å². The van der Waals surface area contributed by atoms with Crippen molar-refractivity contribution in [3.8, 4) is 0 Å². The average Bonchev–Trinajstić information content (AvgIpc) is 2.47. The molecular weight excluding hydrogens is 311 g/mol. The lowest BCUT2D eigenvalue weighted by Crippen LogP contribution is -2.45. The fourth-order valence-corrected chi connectivity index (χ4v) is 3.02. The molecule has 6 heteroatoms. The summed E-state index contributed by atoms with van der Waals surface area (Å²) in [5.74, 6) is -0.00887. The Labute approximate surface area is 136 Å². The summed E-state index contributed by atoms with van der Waals surface area (Å²) in [7, 11) is 0. The smallest absolute Gasteiger partial charge is 0.221 e. The highest BCUT2D eigenvalue weighted by Gasteiger charge is 2.36. The third-order valence-corrected chi connectivity index (χ3v) is 4.22. The van der Waals surface area contributed by atoms with Gasteiger partial charge in [0.05, 0.1) is 0 Å². The number of hydrogen-bond acceptors (Lipinski definition) is 3. The van der Waals surface area contributed by atoms with E-state index < -0.39 is 0 Å². The van der Waals surface area contributed by atoms with Crippen LogP contribution in [0.5, 0.6) is 0 Å². The molecule has 1 amide bonds. The highest BCUT2D eigenvalue weighted by Crippen LogP contribution is 2.38. The maximum atomic E-state index is 11.7. The van der Waals surface area contributed by atoms with Crippen LogP contribution in [0.25, 0.3) is 0 Å². The topological polar surface area (TPSA) is 64.4 Å². The molecule has 1 aliphatic rings. The lowest BCUT2D eigenvalue weighted by Gasteiger charge is -2.38. The number of nitrogens with one attached hydrogen (secondary N) is 1. The number of carbonyl (C=O) groups excluding carboxylic acids is 1. The van der Waals surface area contributed by atoms with Gasteiger partial charge in [-0.25, -0.2) is 0 Å². The monoisotopic (exact) mass is 332 g/mol. The van der Waals surface area contributed by atoms with Crippen molar-refractivity contribution in [3.05, 3.63) is 34.9 Å². The Hall–Kier alpha value is -0.810.